The number of aliphatic hydroxyl groups excluding tert-OH is 1. The predicted octanol–water partition coefficient (Wildman–Crippen LogP) is 2.16. The van der Waals surface area contributed by atoms with E-state index in [1.807, 2.05) is 18.2 Å². The van der Waals surface area contributed by atoms with Gasteiger partial charge >= 0.3 is 0 Å². The number of fused-ring (bicyclic) bond motifs is 3. The largest absolute Gasteiger partial charge is 0.392 e. The SMILES string of the molecule is CC(O)CNC(=O)c1ccc2[nH]c3c(c2c1)CCCC3. The van der Waals surface area contributed by atoms with Crippen LogP contribution in [-0.4, -0.2) is 28.6 Å². The number of aromatic nitrogens is 1. The van der Waals surface area contributed by atoms with Crippen molar-refractivity contribution < 1.29 is 9.90 Å². The summed E-state index contributed by atoms with van der Waals surface area (Å²) in [5.41, 5.74) is 4.47. The zero-order chi connectivity index (χ0) is 14.1. The van der Waals surface area contributed by atoms with Crippen molar-refractivity contribution in [3.63, 3.8) is 0 Å². The number of nitrogens with one attached hydrogen (secondary N) is 2. The molecule has 4 nitrogen and oxygen atoms in total. The number of aryl methyl sites for hydroxylation is 2. The summed E-state index contributed by atoms with van der Waals surface area (Å²) in [5, 5.41) is 13.1. The predicted molar refractivity (Wildman–Crippen MR) is 79.0 cm³/mol. The minimum Gasteiger partial charge on any atom is -0.392 e. The van der Waals surface area contributed by atoms with Crippen molar-refractivity contribution in [2.75, 3.05) is 6.54 Å². The Hall–Kier alpha value is -1.81. The molecule has 1 aromatic heterocycles. The fraction of sp³-hybridized carbons (Fsp3) is 0.438. The van der Waals surface area contributed by atoms with E-state index in [1.54, 1.807) is 6.92 Å². The third-order valence-electron chi connectivity index (χ3n) is 3.92. The number of aliphatic hydroxyl groups is 1. The lowest BCUT2D eigenvalue weighted by atomic mass is 9.95. The Morgan fingerprint density at radius 3 is 3.00 bits per heavy atom. The highest BCUT2D eigenvalue weighted by molar-refractivity contribution is 5.99. The van der Waals surface area contributed by atoms with Gasteiger partial charge in [0.05, 0.1) is 6.10 Å². The fourth-order valence-corrected chi connectivity index (χ4v) is 2.89. The molecule has 0 fully saturated rings. The van der Waals surface area contributed by atoms with Crippen molar-refractivity contribution in [3.8, 4) is 0 Å². The van der Waals surface area contributed by atoms with Crippen LogP contribution in [-0.2, 0) is 12.8 Å². The molecule has 1 atom stereocenters. The highest BCUT2D eigenvalue weighted by Gasteiger charge is 2.16. The van der Waals surface area contributed by atoms with E-state index in [2.05, 4.69) is 10.3 Å². The maximum Gasteiger partial charge on any atom is 0.251 e. The number of carbonyl (C=O) groups excluding carboxylic acids is 1. The molecule has 0 saturated heterocycles. The van der Waals surface area contributed by atoms with Gasteiger partial charge in [0.1, 0.15) is 0 Å². The molecule has 1 aliphatic rings. The Kier molecular flexibility index (Phi) is 3.49. The summed E-state index contributed by atoms with van der Waals surface area (Å²) in [4.78, 5) is 15.5. The van der Waals surface area contributed by atoms with E-state index in [4.69, 9.17) is 0 Å². The van der Waals surface area contributed by atoms with Crippen molar-refractivity contribution in [2.24, 2.45) is 0 Å². The third kappa shape index (κ3) is 2.43. The van der Waals surface area contributed by atoms with Crippen LogP contribution in [0.2, 0.25) is 0 Å². The first-order chi connectivity index (χ1) is 9.65. The minimum absolute atomic E-state index is 0.126. The third-order valence-corrected chi connectivity index (χ3v) is 3.92. The Bertz CT molecular complexity index is 643. The average molecular weight is 272 g/mol. The van der Waals surface area contributed by atoms with Gasteiger partial charge in [0.25, 0.3) is 5.91 Å². The highest BCUT2D eigenvalue weighted by Crippen LogP contribution is 2.29. The van der Waals surface area contributed by atoms with E-state index >= 15 is 0 Å². The number of hydrogen-bond acceptors (Lipinski definition) is 2. The number of amides is 1. The normalized spacial score (nSPS) is 15.9. The smallest absolute Gasteiger partial charge is 0.251 e. The molecule has 4 heteroatoms. The maximum atomic E-state index is 12.1. The van der Waals surface area contributed by atoms with Crippen molar-refractivity contribution >= 4 is 16.8 Å². The lowest BCUT2D eigenvalue weighted by Gasteiger charge is -2.11. The van der Waals surface area contributed by atoms with Crippen LogP contribution >= 0.6 is 0 Å². The van der Waals surface area contributed by atoms with E-state index in [1.165, 1.54) is 29.5 Å². The van der Waals surface area contributed by atoms with Crippen LogP contribution in [0.4, 0.5) is 0 Å². The van der Waals surface area contributed by atoms with Crippen LogP contribution < -0.4 is 5.32 Å². The van der Waals surface area contributed by atoms with E-state index in [-0.39, 0.29) is 12.5 Å². The summed E-state index contributed by atoms with van der Waals surface area (Å²) in [5.74, 6) is -0.126. The van der Waals surface area contributed by atoms with Crippen LogP contribution in [0.5, 0.6) is 0 Å². The van der Waals surface area contributed by atoms with Gasteiger partial charge in [0, 0.05) is 28.7 Å². The van der Waals surface area contributed by atoms with E-state index in [0.29, 0.717) is 5.56 Å². The topological polar surface area (TPSA) is 65.1 Å². The lowest BCUT2D eigenvalue weighted by Crippen LogP contribution is -2.30. The van der Waals surface area contributed by atoms with Crippen molar-refractivity contribution in [3.05, 3.63) is 35.0 Å². The number of aromatic amines is 1. The van der Waals surface area contributed by atoms with Crippen molar-refractivity contribution in [1.29, 1.82) is 0 Å². The first-order valence-electron chi connectivity index (χ1n) is 7.25. The molecule has 3 N–H and O–H groups in total. The van der Waals surface area contributed by atoms with Gasteiger partial charge in [-0.25, -0.2) is 0 Å². The van der Waals surface area contributed by atoms with Gasteiger partial charge in [-0.05, 0) is 56.4 Å². The van der Waals surface area contributed by atoms with Gasteiger partial charge in [-0.3, -0.25) is 4.79 Å². The molecule has 1 aromatic carbocycles. The fourth-order valence-electron chi connectivity index (χ4n) is 2.89. The molecule has 1 aliphatic carbocycles. The second-order valence-corrected chi connectivity index (χ2v) is 5.61. The molecule has 1 unspecified atom stereocenters. The maximum absolute atomic E-state index is 12.1. The van der Waals surface area contributed by atoms with E-state index in [0.717, 1.165) is 18.4 Å². The molecule has 0 saturated carbocycles. The van der Waals surface area contributed by atoms with E-state index in [9.17, 15) is 9.90 Å². The number of hydrogen-bond donors (Lipinski definition) is 3. The summed E-state index contributed by atoms with van der Waals surface area (Å²) < 4.78 is 0. The van der Waals surface area contributed by atoms with Crippen LogP contribution in [0, 0.1) is 0 Å². The van der Waals surface area contributed by atoms with Crippen molar-refractivity contribution in [1.82, 2.24) is 10.3 Å². The average Bonchev–Trinajstić information content (AvgIpc) is 2.82. The second kappa shape index (κ2) is 5.29. The number of rotatable bonds is 3. The van der Waals surface area contributed by atoms with Crippen LogP contribution in [0.25, 0.3) is 10.9 Å². The molecule has 1 amide bonds. The number of H-pyrrole nitrogens is 1. The quantitative estimate of drug-likeness (QED) is 0.801. The highest BCUT2D eigenvalue weighted by atomic mass is 16.3. The first kappa shape index (κ1) is 13.2. The molecular formula is C16H20N2O2. The zero-order valence-corrected chi connectivity index (χ0v) is 11.7. The molecular weight excluding hydrogens is 252 g/mol. The van der Waals surface area contributed by atoms with Crippen LogP contribution in [0.3, 0.4) is 0 Å². The summed E-state index contributed by atoms with van der Waals surface area (Å²) in [6, 6.07) is 5.78. The van der Waals surface area contributed by atoms with Gasteiger partial charge in [0.2, 0.25) is 0 Å². The van der Waals surface area contributed by atoms with Gasteiger partial charge in [-0.2, -0.15) is 0 Å². The van der Waals surface area contributed by atoms with Gasteiger partial charge in [-0.15, -0.1) is 0 Å². The molecule has 0 bridgehead atoms. The molecule has 3 rings (SSSR count). The van der Waals surface area contributed by atoms with Crippen LogP contribution in [0.1, 0.15) is 41.4 Å². The zero-order valence-electron chi connectivity index (χ0n) is 11.7. The van der Waals surface area contributed by atoms with Gasteiger partial charge in [0.15, 0.2) is 0 Å². The molecule has 0 radical (unpaired) electrons. The Labute approximate surface area is 118 Å². The Morgan fingerprint density at radius 2 is 2.20 bits per heavy atom. The van der Waals surface area contributed by atoms with Crippen molar-refractivity contribution in [2.45, 2.75) is 38.7 Å². The van der Waals surface area contributed by atoms with Gasteiger partial charge in [-0.1, -0.05) is 0 Å². The molecule has 0 spiro atoms. The Balaban J connectivity index is 1.91. The Morgan fingerprint density at radius 1 is 1.40 bits per heavy atom. The van der Waals surface area contributed by atoms with Gasteiger partial charge < -0.3 is 15.4 Å². The first-order valence-corrected chi connectivity index (χ1v) is 7.25. The lowest BCUT2D eigenvalue weighted by molar-refractivity contribution is 0.0924. The van der Waals surface area contributed by atoms with E-state index < -0.39 is 6.10 Å². The summed E-state index contributed by atoms with van der Waals surface area (Å²) in [7, 11) is 0. The second-order valence-electron chi connectivity index (χ2n) is 5.61. The summed E-state index contributed by atoms with van der Waals surface area (Å²) in [6.07, 6.45) is 4.13. The minimum atomic E-state index is -0.525. The van der Waals surface area contributed by atoms with Crippen LogP contribution in [0.15, 0.2) is 18.2 Å². The molecule has 0 aliphatic heterocycles. The number of benzene rings is 1. The summed E-state index contributed by atoms with van der Waals surface area (Å²) >= 11 is 0. The number of carbonyl (C=O) groups is 1. The molecule has 106 valence electrons. The molecule has 2 aromatic rings. The monoisotopic (exact) mass is 272 g/mol. The molecule has 1 heterocycles. The molecule has 20 heavy (non-hydrogen) atoms. The summed E-state index contributed by atoms with van der Waals surface area (Å²) in [6.45, 7) is 1.94. The standard InChI is InChI=1S/C16H20N2O2/c1-10(19)9-17-16(20)11-6-7-15-13(8-11)12-4-2-3-5-14(12)18-15/h6-8,10,18-19H,2-5,9H2,1H3,(H,17,20).